The number of aromatic nitrogens is 2. The smallest absolute Gasteiger partial charge is 0.266 e. The molecule has 0 saturated carbocycles. The van der Waals surface area contributed by atoms with Crippen molar-refractivity contribution < 1.29 is 14.2 Å². The maximum absolute atomic E-state index is 12.2. The Bertz CT molecular complexity index is 509. The van der Waals surface area contributed by atoms with Crippen molar-refractivity contribution in [3.63, 3.8) is 0 Å². The summed E-state index contributed by atoms with van der Waals surface area (Å²) in [7, 11) is 1.74. The van der Waals surface area contributed by atoms with E-state index < -0.39 is 6.10 Å². The Labute approximate surface area is 118 Å². The van der Waals surface area contributed by atoms with Crippen molar-refractivity contribution >= 4 is 11.6 Å². The fraction of sp³-hybridized carbons (Fsp3) is 0.692. The summed E-state index contributed by atoms with van der Waals surface area (Å²) in [6.45, 7) is 6.34. The summed E-state index contributed by atoms with van der Waals surface area (Å²) in [6.07, 6.45) is 0.635. The summed E-state index contributed by atoms with van der Waals surface area (Å²) in [4.78, 5) is 23.1. The van der Waals surface area contributed by atoms with E-state index in [1.807, 2.05) is 13.8 Å². The first kappa shape index (κ1) is 14.5. The van der Waals surface area contributed by atoms with Crippen molar-refractivity contribution in [2.45, 2.75) is 39.7 Å². The highest BCUT2D eigenvalue weighted by Crippen LogP contribution is 2.17. The van der Waals surface area contributed by atoms with E-state index in [0.717, 1.165) is 5.71 Å². The topological polar surface area (TPSA) is 80.8 Å². The summed E-state index contributed by atoms with van der Waals surface area (Å²) < 4.78 is 4.89. The molecule has 2 heterocycles. The molecule has 0 fully saturated rings. The summed E-state index contributed by atoms with van der Waals surface area (Å²) >= 11 is 0. The highest BCUT2D eigenvalue weighted by Gasteiger charge is 2.31. The van der Waals surface area contributed by atoms with Crippen LogP contribution in [0.2, 0.25) is 0 Å². The molecule has 0 radical (unpaired) electrons. The number of carbonyl (C=O) groups excluding carboxylic acids is 1. The van der Waals surface area contributed by atoms with E-state index >= 15 is 0 Å². The van der Waals surface area contributed by atoms with Crippen LogP contribution >= 0.6 is 0 Å². The predicted octanol–water partition coefficient (Wildman–Crippen LogP) is 1.18. The van der Waals surface area contributed by atoms with Crippen molar-refractivity contribution in [1.82, 2.24) is 15.0 Å². The van der Waals surface area contributed by atoms with Gasteiger partial charge in [-0.3, -0.25) is 4.79 Å². The molecule has 1 atom stereocenters. The van der Waals surface area contributed by atoms with Crippen molar-refractivity contribution in [3.05, 3.63) is 11.7 Å². The molecule has 1 aliphatic rings. The lowest BCUT2D eigenvalue weighted by Crippen LogP contribution is -2.38. The fourth-order valence-electron chi connectivity index (χ4n) is 1.94. The molecule has 7 nitrogen and oxygen atoms in total. The number of hydrogen-bond donors (Lipinski definition) is 0. The van der Waals surface area contributed by atoms with Crippen LogP contribution in [0.1, 0.15) is 32.0 Å². The number of amides is 1. The van der Waals surface area contributed by atoms with Gasteiger partial charge in [0.25, 0.3) is 5.91 Å². The Morgan fingerprint density at radius 3 is 2.80 bits per heavy atom. The van der Waals surface area contributed by atoms with E-state index in [4.69, 9.17) is 9.36 Å². The molecule has 0 aromatic carbocycles. The molecule has 20 heavy (non-hydrogen) atoms. The first-order valence-corrected chi connectivity index (χ1v) is 6.74. The number of nitrogens with zero attached hydrogens (tertiary/aromatic N) is 4. The Morgan fingerprint density at radius 2 is 2.25 bits per heavy atom. The number of rotatable bonds is 5. The largest absolute Gasteiger partial charge is 0.382 e. The van der Waals surface area contributed by atoms with Crippen LogP contribution in [-0.2, 0) is 16.1 Å². The average molecular weight is 280 g/mol. The van der Waals surface area contributed by atoms with Crippen molar-refractivity contribution in [2.24, 2.45) is 11.1 Å². The van der Waals surface area contributed by atoms with Gasteiger partial charge in [0.2, 0.25) is 12.0 Å². The van der Waals surface area contributed by atoms with Crippen LogP contribution in [-0.4, -0.2) is 46.4 Å². The molecule has 0 unspecified atom stereocenters. The van der Waals surface area contributed by atoms with Crippen LogP contribution in [0.25, 0.3) is 0 Å². The average Bonchev–Trinajstić information content (AvgIpc) is 3.03. The number of carbonyl (C=O) groups is 1. The van der Waals surface area contributed by atoms with Gasteiger partial charge in [0.1, 0.15) is 0 Å². The Morgan fingerprint density at radius 1 is 1.50 bits per heavy atom. The Kier molecular flexibility index (Phi) is 4.36. The van der Waals surface area contributed by atoms with Gasteiger partial charge in [0.05, 0.1) is 5.71 Å². The van der Waals surface area contributed by atoms with E-state index in [9.17, 15) is 4.79 Å². The van der Waals surface area contributed by atoms with Crippen LogP contribution in [0, 0.1) is 12.8 Å². The minimum Gasteiger partial charge on any atom is -0.382 e. The molecule has 7 heteroatoms. The predicted molar refractivity (Wildman–Crippen MR) is 72.1 cm³/mol. The van der Waals surface area contributed by atoms with E-state index in [2.05, 4.69) is 15.3 Å². The molecule has 0 saturated heterocycles. The normalized spacial score (nSPS) is 18.1. The van der Waals surface area contributed by atoms with E-state index in [-0.39, 0.29) is 5.91 Å². The summed E-state index contributed by atoms with van der Waals surface area (Å²) in [5.74, 6) is 1.38. The first-order chi connectivity index (χ1) is 9.47. The van der Waals surface area contributed by atoms with Crippen LogP contribution < -0.4 is 0 Å². The molecular formula is C13H20N4O3. The zero-order valence-corrected chi connectivity index (χ0v) is 12.3. The maximum Gasteiger partial charge on any atom is 0.266 e. The summed E-state index contributed by atoms with van der Waals surface area (Å²) in [5.41, 5.74) is 0.936. The monoisotopic (exact) mass is 280 g/mol. The zero-order chi connectivity index (χ0) is 14.7. The van der Waals surface area contributed by atoms with Crippen LogP contribution in [0.3, 0.4) is 0 Å². The number of oxime groups is 1. The minimum atomic E-state index is -0.496. The van der Waals surface area contributed by atoms with E-state index in [0.29, 0.717) is 37.0 Å². The van der Waals surface area contributed by atoms with E-state index in [1.54, 1.807) is 18.9 Å². The standard InChI is InChI=1S/C13H20N4O3/c1-8(2)10-7-11(20-15-10)13(18)17(4)6-5-12-14-9(3)19-16-12/h8,11H,5-7H2,1-4H3/t11-/m0/s1. The number of hydrogen-bond acceptors (Lipinski definition) is 6. The van der Waals surface area contributed by atoms with Crippen molar-refractivity contribution in [1.29, 1.82) is 0 Å². The molecule has 0 bridgehead atoms. The van der Waals surface area contributed by atoms with Crippen LogP contribution in [0.5, 0.6) is 0 Å². The Hall–Kier alpha value is -1.92. The molecule has 1 aromatic heterocycles. The van der Waals surface area contributed by atoms with Gasteiger partial charge >= 0.3 is 0 Å². The summed E-state index contributed by atoms with van der Waals surface area (Å²) in [6, 6.07) is 0. The van der Waals surface area contributed by atoms with Gasteiger partial charge in [0.15, 0.2) is 5.82 Å². The van der Waals surface area contributed by atoms with Crippen LogP contribution in [0.15, 0.2) is 9.68 Å². The van der Waals surface area contributed by atoms with Crippen LogP contribution in [0.4, 0.5) is 0 Å². The molecule has 2 rings (SSSR count). The quantitative estimate of drug-likeness (QED) is 0.809. The lowest BCUT2D eigenvalue weighted by atomic mass is 10.0. The SMILES string of the molecule is Cc1nc(CCN(C)C(=O)[C@@H]2CC(C(C)C)=NO2)no1. The second kappa shape index (κ2) is 6.02. The lowest BCUT2D eigenvalue weighted by molar-refractivity contribution is -0.140. The van der Waals surface area contributed by atoms with Crippen molar-refractivity contribution in [2.75, 3.05) is 13.6 Å². The second-order valence-electron chi connectivity index (χ2n) is 5.27. The zero-order valence-electron chi connectivity index (χ0n) is 12.3. The Balaban J connectivity index is 1.81. The third-order valence-corrected chi connectivity index (χ3v) is 3.25. The van der Waals surface area contributed by atoms with E-state index in [1.165, 1.54) is 0 Å². The van der Waals surface area contributed by atoms with Gasteiger partial charge < -0.3 is 14.3 Å². The highest BCUT2D eigenvalue weighted by molar-refractivity contribution is 5.93. The first-order valence-electron chi connectivity index (χ1n) is 6.74. The second-order valence-corrected chi connectivity index (χ2v) is 5.27. The molecule has 1 amide bonds. The van der Waals surface area contributed by atoms with Gasteiger partial charge in [-0.1, -0.05) is 24.2 Å². The van der Waals surface area contributed by atoms with Gasteiger partial charge in [-0.25, -0.2) is 0 Å². The molecule has 0 aliphatic carbocycles. The molecule has 0 spiro atoms. The van der Waals surface area contributed by atoms with Gasteiger partial charge in [-0.15, -0.1) is 0 Å². The molecule has 0 N–H and O–H groups in total. The molecule has 1 aliphatic heterocycles. The third-order valence-electron chi connectivity index (χ3n) is 3.25. The lowest BCUT2D eigenvalue weighted by Gasteiger charge is -2.19. The number of aryl methyl sites for hydroxylation is 1. The molecular weight excluding hydrogens is 260 g/mol. The van der Waals surface area contributed by atoms with Gasteiger partial charge in [0, 0.05) is 33.4 Å². The van der Waals surface area contributed by atoms with Crippen molar-refractivity contribution in [3.8, 4) is 0 Å². The summed E-state index contributed by atoms with van der Waals surface area (Å²) in [5, 5.41) is 7.77. The maximum atomic E-state index is 12.2. The fourth-order valence-corrected chi connectivity index (χ4v) is 1.94. The molecule has 1 aromatic rings. The van der Waals surface area contributed by atoms with Gasteiger partial charge in [-0.2, -0.15) is 4.98 Å². The molecule has 110 valence electrons. The number of likely N-dealkylation sites (N-methyl/N-ethyl adjacent to an activating group) is 1. The third kappa shape index (κ3) is 3.34. The highest BCUT2D eigenvalue weighted by atomic mass is 16.6. The minimum absolute atomic E-state index is 0.0652. The van der Waals surface area contributed by atoms with Gasteiger partial charge in [-0.05, 0) is 5.92 Å².